The van der Waals surface area contributed by atoms with Crippen LogP contribution in [0.4, 0.5) is 0 Å². The van der Waals surface area contributed by atoms with Gasteiger partial charge >= 0.3 is 0 Å². The summed E-state index contributed by atoms with van der Waals surface area (Å²) in [5, 5.41) is 20.8. The third-order valence-corrected chi connectivity index (χ3v) is 8.09. The van der Waals surface area contributed by atoms with Gasteiger partial charge in [0, 0.05) is 31.7 Å². The van der Waals surface area contributed by atoms with Gasteiger partial charge in [-0.1, -0.05) is 13.8 Å². The van der Waals surface area contributed by atoms with Gasteiger partial charge in [0.05, 0.1) is 12.8 Å². The largest absolute Gasteiger partial charge is 0.477 e. The van der Waals surface area contributed by atoms with Gasteiger partial charge in [0.25, 0.3) is 5.91 Å². The lowest BCUT2D eigenvalue weighted by Crippen LogP contribution is -2.60. The molecule has 4 aliphatic rings. The van der Waals surface area contributed by atoms with E-state index in [1.165, 1.54) is 6.92 Å². The zero-order chi connectivity index (χ0) is 24.7. The van der Waals surface area contributed by atoms with Gasteiger partial charge in [-0.15, -0.1) is 0 Å². The first-order valence-corrected chi connectivity index (χ1v) is 12.9. The number of rotatable bonds is 10. The maximum absolute atomic E-state index is 13.5. The number of hydrogen-bond donors (Lipinski definition) is 3. The number of amides is 2. The number of hydrogen-bond acceptors (Lipinski definition) is 5. The summed E-state index contributed by atoms with van der Waals surface area (Å²) in [4.78, 5) is 25.0. The van der Waals surface area contributed by atoms with Crippen molar-refractivity contribution in [3.8, 4) is 5.88 Å². The highest BCUT2D eigenvalue weighted by Crippen LogP contribution is 2.59. The van der Waals surface area contributed by atoms with Gasteiger partial charge in [-0.05, 0) is 81.5 Å². The summed E-state index contributed by atoms with van der Waals surface area (Å²) in [6.45, 7) is 10.9. The Bertz CT molecular complexity index is 893. The highest BCUT2D eigenvalue weighted by molar-refractivity contribution is 5.96. The third kappa shape index (κ3) is 5.26. The number of aliphatic hydroxyl groups excluding tert-OH is 1. The number of aryl methyl sites for hydroxylation is 1. The molecule has 1 aromatic rings. The summed E-state index contributed by atoms with van der Waals surface area (Å²) >= 11 is 0. The topological polar surface area (TPSA) is 105 Å². The molecular formula is C26H42N4O4. The molecule has 4 saturated carbocycles. The van der Waals surface area contributed by atoms with Gasteiger partial charge in [0.15, 0.2) is 0 Å². The van der Waals surface area contributed by atoms with Crippen LogP contribution in [0.25, 0.3) is 0 Å². The van der Waals surface area contributed by atoms with Crippen molar-refractivity contribution in [2.75, 3.05) is 13.2 Å². The van der Waals surface area contributed by atoms with Gasteiger partial charge in [0.2, 0.25) is 11.8 Å². The summed E-state index contributed by atoms with van der Waals surface area (Å²) < 4.78 is 7.85. The molecule has 2 atom stereocenters. The lowest BCUT2D eigenvalue weighted by atomic mass is 9.48. The fraction of sp³-hybridized carbons (Fsp3) is 0.808. The van der Waals surface area contributed by atoms with Crippen LogP contribution in [-0.2, 0) is 11.3 Å². The molecule has 3 N–H and O–H groups in total. The molecule has 0 aliphatic heterocycles. The van der Waals surface area contributed by atoms with E-state index >= 15 is 0 Å². The van der Waals surface area contributed by atoms with Crippen molar-refractivity contribution < 1.29 is 19.4 Å². The second-order valence-corrected chi connectivity index (χ2v) is 12.2. The lowest BCUT2D eigenvalue weighted by Gasteiger charge is -2.59. The Labute approximate surface area is 203 Å². The van der Waals surface area contributed by atoms with Gasteiger partial charge < -0.3 is 20.5 Å². The molecule has 8 nitrogen and oxygen atoms in total. The van der Waals surface area contributed by atoms with Crippen LogP contribution in [0.5, 0.6) is 5.88 Å². The Hall–Kier alpha value is -2.09. The van der Waals surface area contributed by atoms with Crippen molar-refractivity contribution >= 4 is 11.8 Å². The number of aliphatic hydroxyl groups is 1. The molecule has 0 aromatic carbocycles. The molecule has 5 rings (SSSR count). The summed E-state index contributed by atoms with van der Waals surface area (Å²) in [6.07, 6.45) is 7.73. The van der Waals surface area contributed by atoms with E-state index in [9.17, 15) is 14.7 Å². The normalized spacial score (nSPS) is 30.0. The highest BCUT2D eigenvalue weighted by Gasteiger charge is 2.55. The summed E-state index contributed by atoms with van der Waals surface area (Å²) in [5.74, 6) is 2.20. The van der Waals surface area contributed by atoms with E-state index in [-0.39, 0.29) is 29.9 Å². The van der Waals surface area contributed by atoms with Crippen LogP contribution in [0.1, 0.15) is 83.5 Å². The van der Waals surface area contributed by atoms with Gasteiger partial charge in [-0.2, -0.15) is 5.10 Å². The molecule has 4 aliphatic carbocycles. The lowest BCUT2D eigenvalue weighted by molar-refractivity contribution is -0.120. The number of aromatic nitrogens is 2. The van der Waals surface area contributed by atoms with Gasteiger partial charge in [-0.3, -0.25) is 9.59 Å². The van der Waals surface area contributed by atoms with Crippen LogP contribution in [0, 0.1) is 29.1 Å². The SMILES string of the molecule is CC(=O)NC(C)(C)CCn1ncc(C(=O)N[C@H]2C3CC4CC2C[C@](CO)(C4)C3)c1OCC(C)C. The Morgan fingerprint density at radius 1 is 1.26 bits per heavy atom. The third-order valence-electron chi connectivity index (χ3n) is 8.09. The molecule has 4 bridgehead atoms. The maximum atomic E-state index is 13.5. The van der Waals surface area contributed by atoms with E-state index in [0.717, 1.165) is 32.1 Å². The summed E-state index contributed by atoms with van der Waals surface area (Å²) in [6, 6.07) is 0.156. The van der Waals surface area contributed by atoms with E-state index in [0.29, 0.717) is 54.7 Å². The minimum Gasteiger partial charge on any atom is -0.477 e. The standard InChI is InChI=1S/C26H42N4O4/c1-16(2)14-34-24-21(13-27-30(24)7-6-25(4,5)29-17(3)32)23(33)28-22-19-8-18-9-20(22)12-26(10-18,11-19)15-31/h13,16,18-20,22,31H,6-12,14-15H2,1-5H3,(H,28,33)(H,29,32)/t18?,19?,20?,22-,26-. The average Bonchev–Trinajstić information content (AvgIpc) is 3.15. The van der Waals surface area contributed by atoms with Crippen LogP contribution >= 0.6 is 0 Å². The Kier molecular flexibility index (Phi) is 7.00. The average molecular weight is 475 g/mol. The van der Waals surface area contributed by atoms with Crippen molar-refractivity contribution in [3.63, 3.8) is 0 Å². The molecule has 0 saturated heterocycles. The predicted molar refractivity (Wildman–Crippen MR) is 129 cm³/mol. The molecule has 8 heteroatoms. The minimum absolute atomic E-state index is 0.0690. The van der Waals surface area contributed by atoms with Crippen molar-refractivity contribution in [2.24, 2.45) is 29.1 Å². The number of nitrogens with one attached hydrogen (secondary N) is 2. The molecular weight excluding hydrogens is 432 g/mol. The fourth-order valence-electron chi connectivity index (χ4n) is 6.86. The molecule has 2 amide bonds. The van der Waals surface area contributed by atoms with E-state index in [4.69, 9.17) is 4.74 Å². The van der Waals surface area contributed by atoms with Crippen LogP contribution in [-0.4, -0.2) is 51.5 Å². The van der Waals surface area contributed by atoms with Crippen LogP contribution in [0.3, 0.4) is 0 Å². The minimum atomic E-state index is -0.390. The van der Waals surface area contributed by atoms with Crippen LogP contribution < -0.4 is 15.4 Å². The quantitative estimate of drug-likeness (QED) is 0.483. The molecule has 1 aromatic heterocycles. The van der Waals surface area contributed by atoms with Crippen LogP contribution in [0.15, 0.2) is 6.20 Å². The number of carbonyl (C=O) groups is 2. The molecule has 0 spiro atoms. The molecule has 190 valence electrons. The van der Waals surface area contributed by atoms with Crippen molar-refractivity contribution in [3.05, 3.63) is 11.8 Å². The molecule has 2 unspecified atom stereocenters. The predicted octanol–water partition coefficient (Wildman–Crippen LogP) is 3.14. The molecule has 34 heavy (non-hydrogen) atoms. The highest BCUT2D eigenvalue weighted by atomic mass is 16.5. The molecule has 0 radical (unpaired) electrons. The number of carbonyl (C=O) groups excluding carboxylic acids is 2. The van der Waals surface area contributed by atoms with Crippen molar-refractivity contribution in [1.29, 1.82) is 0 Å². The fourth-order valence-corrected chi connectivity index (χ4v) is 6.86. The summed E-state index contributed by atoms with van der Waals surface area (Å²) in [7, 11) is 0. The van der Waals surface area contributed by atoms with E-state index in [2.05, 4.69) is 29.6 Å². The zero-order valence-electron chi connectivity index (χ0n) is 21.4. The zero-order valence-corrected chi connectivity index (χ0v) is 21.4. The monoisotopic (exact) mass is 474 g/mol. The van der Waals surface area contributed by atoms with E-state index in [1.54, 1.807) is 10.9 Å². The number of nitrogens with zero attached hydrogens (tertiary/aromatic N) is 2. The first-order chi connectivity index (χ1) is 16.0. The second kappa shape index (κ2) is 9.51. The van der Waals surface area contributed by atoms with Crippen molar-refractivity contribution in [2.45, 2.75) is 91.3 Å². The van der Waals surface area contributed by atoms with Gasteiger partial charge in [0.1, 0.15) is 5.56 Å². The Morgan fingerprint density at radius 2 is 1.94 bits per heavy atom. The second-order valence-electron chi connectivity index (χ2n) is 12.2. The molecule has 4 fully saturated rings. The summed E-state index contributed by atoms with van der Waals surface area (Å²) in [5.41, 5.74) is 0.164. The smallest absolute Gasteiger partial charge is 0.258 e. The van der Waals surface area contributed by atoms with Crippen molar-refractivity contribution in [1.82, 2.24) is 20.4 Å². The van der Waals surface area contributed by atoms with E-state index < -0.39 is 5.54 Å². The first kappa shape index (κ1) is 25.0. The first-order valence-electron chi connectivity index (χ1n) is 12.9. The number of ether oxygens (including phenoxy) is 1. The van der Waals surface area contributed by atoms with Gasteiger partial charge in [-0.25, -0.2) is 4.68 Å². The maximum Gasteiger partial charge on any atom is 0.258 e. The molecule has 1 heterocycles. The Morgan fingerprint density at radius 3 is 2.53 bits per heavy atom. The Balaban J connectivity index is 1.48. The van der Waals surface area contributed by atoms with E-state index in [1.807, 2.05) is 13.8 Å². The van der Waals surface area contributed by atoms with Crippen LogP contribution in [0.2, 0.25) is 0 Å².